The summed E-state index contributed by atoms with van der Waals surface area (Å²) in [7, 11) is -2.48. The van der Waals surface area contributed by atoms with Gasteiger partial charge < -0.3 is 9.29 Å². The minimum absolute atomic E-state index is 0.0165. The lowest BCUT2D eigenvalue weighted by atomic mass is 10.1. The van der Waals surface area contributed by atoms with Crippen molar-refractivity contribution in [1.29, 1.82) is 0 Å². The molecule has 1 heterocycles. The van der Waals surface area contributed by atoms with E-state index in [1.165, 1.54) is 12.1 Å². The number of halogens is 1. The highest BCUT2D eigenvalue weighted by atomic mass is 35.5. The molecule has 4 rings (SSSR count). The minimum atomic E-state index is -2.48. The van der Waals surface area contributed by atoms with E-state index >= 15 is 0 Å². The summed E-state index contributed by atoms with van der Waals surface area (Å²) >= 11 is 6.14. The Balaban J connectivity index is 1.83. The molecule has 0 saturated heterocycles. The van der Waals surface area contributed by atoms with Crippen molar-refractivity contribution in [2.24, 2.45) is 0 Å². The van der Waals surface area contributed by atoms with Gasteiger partial charge in [-0.1, -0.05) is 60.1 Å². The first kappa shape index (κ1) is 26.6. The number of amides is 1. The van der Waals surface area contributed by atoms with E-state index in [0.717, 1.165) is 26.5 Å². The predicted octanol–water partition coefficient (Wildman–Crippen LogP) is 7.00. The molecule has 37 heavy (non-hydrogen) atoms. The summed E-state index contributed by atoms with van der Waals surface area (Å²) in [6, 6.07) is 21.1. The molecule has 0 fully saturated rings. The van der Waals surface area contributed by atoms with Crippen LogP contribution in [0.5, 0.6) is 0 Å². The number of nitro groups is 1. The zero-order valence-electron chi connectivity index (χ0n) is 20.5. The second-order valence-corrected chi connectivity index (χ2v) is 12.0. The van der Waals surface area contributed by atoms with Gasteiger partial charge in [0.05, 0.1) is 30.2 Å². The van der Waals surface area contributed by atoms with Crippen molar-refractivity contribution in [2.75, 3.05) is 0 Å². The molecule has 0 spiro atoms. The monoisotopic (exact) mass is 538 g/mol. The van der Waals surface area contributed by atoms with Crippen molar-refractivity contribution in [3.05, 3.63) is 127 Å². The number of benzene rings is 3. The number of aliphatic hydroxyl groups excluding tert-OH is 1. The van der Waals surface area contributed by atoms with Gasteiger partial charge in [0.2, 0.25) is 0 Å². The Hall–Kier alpha value is -3.43. The van der Waals surface area contributed by atoms with E-state index in [9.17, 15) is 20.0 Å². The number of fused-ring (bicyclic) bond motifs is 1. The van der Waals surface area contributed by atoms with Gasteiger partial charge in [0, 0.05) is 27.0 Å². The molecule has 1 aliphatic heterocycles. The van der Waals surface area contributed by atoms with Gasteiger partial charge in [-0.25, -0.2) is 0 Å². The van der Waals surface area contributed by atoms with Crippen LogP contribution in [0.1, 0.15) is 40.9 Å². The highest BCUT2D eigenvalue weighted by Gasteiger charge is 2.48. The smallest absolute Gasteiger partial charge is 0.269 e. The SMILES string of the molecule is C/C(Cl)=C\C=C(/C)S1(OCc2cccc(CO)c2)c2ccccc2C(=O)N1Cc1ccc([N+](=O)[O-])cc1. The van der Waals surface area contributed by atoms with E-state index in [2.05, 4.69) is 0 Å². The molecule has 1 N–H and O–H groups in total. The highest BCUT2D eigenvalue weighted by Crippen LogP contribution is 2.71. The second-order valence-electron chi connectivity index (χ2n) is 8.56. The summed E-state index contributed by atoms with van der Waals surface area (Å²) in [6.45, 7) is 4.02. The minimum Gasteiger partial charge on any atom is -0.392 e. The first-order valence-corrected chi connectivity index (χ1v) is 13.5. The molecule has 3 aromatic carbocycles. The summed E-state index contributed by atoms with van der Waals surface area (Å²) in [4.78, 5) is 26.1. The molecular formula is C28H27ClN2O5S. The molecule has 192 valence electrons. The van der Waals surface area contributed by atoms with E-state index < -0.39 is 15.4 Å². The fourth-order valence-electron chi connectivity index (χ4n) is 4.17. The largest absolute Gasteiger partial charge is 0.392 e. The van der Waals surface area contributed by atoms with E-state index in [4.69, 9.17) is 15.8 Å². The van der Waals surface area contributed by atoms with Gasteiger partial charge in [-0.3, -0.25) is 19.2 Å². The van der Waals surface area contributed by atoms with Crippen LogP contribution in [-0.2, 0) is 23.9 Å². The topological polar surface area (TPSA) is 92.9 Å². The van der Waals surface area contributed by atoms with Crippen molar-refractivity contribution < 1.29 is 19.0 Å². The number of rotatable bonds is 9. The number of carbonyl (C=O) groups is 1. The molecule has 1 aliphatic rings. The Morgan fingerprint density at radius 1 is 1.03 bits per heavy atom. The van der Waals surface area contributed by atoms with Crippen LogP contribution in [-0.4, -0.2) is 20.2 Å². The molecule has 1 amide bonds. The number of nitro benzene ring substituents is 1. The molecule has 0 aromatic heterocycles. The third-order valence-corrected chi connectivity index (χ3v) is 9.44. The quantitative estimate of drug-likeness (QED) is 0.180. The molecule has 0 saturated carbocycles. The average molecular weight is 539 g/mol. The third kappa shape index (κ3) is 5.47. The summed E-state index contributed by atoms with van der Waals surface area (Å²) in [5.74, 6) is -0.174. The lowest BCUT2D eigenvalue weighted by molar-refractivity contribution is -0.384. The van der Waals surface area contributed by atoms with Gasteiger partial charge >= 0.3 is 0 Å². The zero-order valence-corrected chi connectivity index (χ0v) is 22.0. The Morgan fingerprint density at radius 2 is 1.73 bits per heavy atom. The van der Waals surface area contributed by atoms with E-state index in [1.807, 2.05) is 55.5 Å². The maximum absolute atomic E-state index is 13.8. The van der Waals surface area contributed by atoms with Gasteiger partial charge in [-0.05, 0) is 65.3 Å². The van der Waals surface area contributed by atoms with Crippen LogP contribution in [0, 0.1) is 10.1 Å². The van der Waals surface area contributed by atoms with Gasteiger partial charge in [0.25, 0.3) is 11.6 Å². The summed E-state index contributed by atoms with van der Waals surface area (Å²) < 4.78 is 8.51. The maximum atomic E-state index is 13.8. The lowest BCUT2D eigenvalue weighted by Crippen LogP contribution is -2.29. The molecule has 1 atom stereocenters. The molecule has 9 heteroatoms. The second kappa shape index (κ2) is 11.3. The van der Waals surface area contributed by atoms with Crippen LogP contribution >= 0.6 is 22.1 Å². The molecule has 0 radical (unpaired) electrons. The molecule has 3 aromatic rings. The van der Waals surface area contributed by atoms with Crippen molar-refractivity contribution in [3.8, 4) is 0 Å². The fraction of sp³-hybridized carbons (Fsp3) is 0.179. The highest BCUT2D eigenvalue weighted by molar-refractivity contribution is 8.31. The van der Waals surface area contributed by atoms with Crippen molar-refractivity contribution in [3.63, 3.8) is 0 Å². The molecule has 0 aliphatic carbocycles. The van der Waals surface area contributed by atoms with Crippen molar-refractivity contribution in [1.82, 2.24) is 4.31 Å². The van der Waals surface area contributed by atoms with Gasteiger partial charge in [-0.2, -0.15) is 0 Å². The summed E-state index contributed by atoms with van der Waals surface area (Å²) in [5, 5.41) is 21.3. The lowest BCUT2D eigenvalue weighted by Gasteiger charge is -2.44. The van der Waals surface area contributed by atoms with Crippen LogP contribution in [0.4, 0.5) is 5.69 Å². The number of allylic oxidation sites excluding steroid dienone is 4. The Morgan fingerprint density at radius 3 is 2.41 bits per heavy atom. The van der Waals surface area contributed by atoms with Gasteiger partial charge in [0.15, 0.2) is 0 Å². The van der Waals surface area contributed by atoms with Gasteiger partial charge in [0.1, 0.15) is 0 Å². The molecule has 1 unspecified atom stereocenters. The van der Waals surface area contributed by atoms with Crippen LogP contribution in [0.25, 0.3) is 0 Å². The fourth-order valence-corrected chi connectivity index (χ4v) is 7.54. The first-order chi connectivity index (χ1) is 17.8. The number of hydrogen-bond acceptors (Lipinski definition) is 5. The molecular weight excluding hydrogens is 512 g/mol. The van der Waals surface area contributed by atoms with Crippen LogP contribution in [0.3, 0.4) is 0 Å². The first-order valence-electron chi connectivity index (χ1n) is 11.6. The number of nitrogens with zero attached hydrogens (tertiary/aromatic N) is 2. The van der Waals surface area contributed by atoms with E-state index in [-0.39, 0.29) is 31.4 Å². The Labute approximate surface area is 222 Å². The van der Waals surface area contributed by atoms with E-state index in [1.54, 1.807) is 35.5 Å². The van der Waals surface area contributed by atoms with Crippen molar-refractivity contribution in [2.45, 2.75) is 38.5 Å². The number of aliphatic hydroxyl groups is 1. The molecule has 0 bridgehead atoms. The normalized spacial score (nSPS) is 19.5. The maximum Gasteiger partial charge on any atom is 0.269 e. The Bertz CT molecular complexity index is 1390. The summed E-state index contributed by atoms with van der Waals surface area (Å²) in [6.07, 6.45) is 3.65. The van der Waals surface area contributed by atoms with Crippen LogP contribution in [0.2, 0.25) is 0 Å². The van der Waals surface area contributed by atoms with Crippen LogP contribution < -0.4 is 0 Å². The summed E-state index contributed by atoms with van der Waals surface area (Å²) in [5.41, 5.74) is 2.91. The van der Waals surface area contributed by atoms with Gasteiger partial charge in [-0.15, -0.1) is 0 Å². The Kier molecular flexibility index (Phi) is 8.14. The number of hydrogen-bond donors (Lipinski definition) is 1. The standard InChI is InChI=1S/C28H27ClN2O5S/c1-20(29)10-11-21(2)37(36-19-24-7-5-6-23(16-24)18-32)27-9-4-3-8-26(27)28(33)30(37)17-22-12-14-25(15-13-22)31(34)35/h3-16,32H,17-19H2,1-2H3/b20-10+,21-11+. The molecule has 7 nitrogen and oxygen atoms in total. The number of non-ortho nitro benzene ring substituents is 1. The predicted molar refractivity (Wildman–Crippen MR) is 146 cm³/mol. The average Bonchev–Trinajstić information content (AvgIpc) is 3.14. The van der Waals surface area contributed by atoms with Crippen molar-refractivity contribution >= 4 is 33.7 Å². The zero-order chi connectivity index (χ0) is 26.6. The third-order valence-electron chi connectivity index (χ3n) is 5.98. The number of carbonyl (C=O) groups excluding carboxylic acids is 1. The van der Waals surface area contributed by atoms with E-state index in [0.29, 0.717) is 10.6 Å². The van der Waals surface area contributed by atoms with Crippen LogP contribution in [0.15, 0.2) is 99.8 Å².